The second kappa shape index (κ2) is 6.89. The highest BCUT2D eigenvalue weighted by atomic mass is 16.4. The molecule has 5 heteroatoms. The van der Waals surface area contributed by atoms with Crippen molar-refractivity contribution in [3.05, 3.63) is 0 Å². The van der Waals surface area contributed by atoms with Crippen molar-refractivity contribution in [1.82, 2.24) is 9.80 Å². The summed E-state index contributed by atoms with van der Waals surface area (Å²) in [6.45, 7) is 1.94. The summed E-state index contributed by atoms with van der Waals surface area (Å²) in [6.07, 6.45) is 7.71. The molecule has 1 aliphatic heterocycles. The van der Waals surface area contributed by atoms with Gasteiger partial charge in [0, 0.05) is 19.1 Å². The predicted octanol–water partition coefficient (Wildman–Crippen LogP) is 1.33. The van der Waals surface area contributed by atoms with Gasteiger partial charge in [0.1, 0.15) is 0 Å². The number of aliphatic carboxylic acids is 1. The van der Waals surface area contributed by atoms with Crippen LogP contribution in [0.15, 0.2) is 0 Å². The van der Waals surface area contributed by atoms with Crippen LogP contribution >= 0.6 is 0 Å². The largest absolute Gasteiger partial charge is 0.480 e. The van der Waals surface area contributed by atoms with E-state index in [9.17, 15) is 9.59 Å². The van der Waals surface area contributed by atoms with Crippen molar-refractivity contribution in [3.8, 4) is 0 Å². The summed E-state index contributed by atoms with van der Waals surface area (Å²) in [4.78, 5) is 27.0. The maximum absolute atomic E-state index is 12.2. The quantitative estimate of drug-likeness (QED) is 0.817. The minimum Gasteiger partial charge on any atom is -0.480 e. The highest BCUT2D eigenvalue weighted by molar-refractivity contribution is 5.79. The number of carbonyl (C=O) groups is 2. The Morgan fingerprint density at radius 3 is 2.21 bits per heavy atom. The third-order valence-corrected chi connectivity index (χ3v) is 4.23. The van der Waals surface area contributed by atoms with Crippen LogP contribution in [0, 0.1) is 0 Å². The van der Waals surface area contributed by atoms with E-state index >= 15 is 0 Å². The Balaban J connectivity index is 1.90. The van der Waals surface area contributed by atoms with Crippen molar-refractivity contribution in [1.29, 1.82) is 0 Å². The molecule has 1 saturated heterocycles. The van der Waals surface area contributed by atoms with E-state index in [-0.39, 0.29) is 25.0 Å². The average Bonchev–Trinajstić information content (AvgIpc) is 2.92. The fourth-order valence-corrected chi connectivity index (χ4v) is 3.17. The van der Waals surface area contributed by atoms with E-state index in [4.69, 9.17) is 5.11 Å². The van der Waals surface area contributed by atoms with Crippen LogP contribution in [-0.4, -0.2) is 59.0 Å². The summed E-state index contributed by atoms with van der Waals surface area (Å²) in [7, 11) is 0. The number of rotatable bonds is 5. The molecule has 0 radical (unpaired) electrons. The molecule has 5 nitrogen and oxygen atoms in total. The molecule has 0 aromatic heterocycles. The molecule has 0 bridgehead atoms. The van der Waals surface area contributed by atoms with Gasteiger partial charge in [-0.25, -0.2) is 0 Å². The number of carboxylic acids is 1. The van der Waals surface area contributed by atoms with Crippen LogP contribution in [0.3, 0.4) is 0 Å². The maximum atomic E-state index is 12.2. The summed E-state index contributed by atoms with van der Waals surface area (Å²) < 4.78 is 0. The molecule has 0 unspecified atom stereocenters. The first kappa shape index (κ1) is 14.3. The van der Waals surface area contributed by atoms with Gasteiger partial charge in [0.05, 0.1) is 13.1 Å². The fraction of sp³-hybridized carbons (Fsp3) is 0.857. The Hall–Kier alpha value is -1.10. The van der Waals surface area contributed by atoms with Crippen molar-refractivity contribution < 1.29 is 14.7 Å². The lowest BCUT2D eigenvalue weighted by Crippen LogP contribution is -2.47. The lowest BCUT2D eigenvalue weighted by atomic mass is 10.1. The minimum absolute atomic E-state index is 0.00968. The molecule has 2 aliphatic rings. The van der Waals surface area contributed by atoms with E-state index in [2.05, 4.69) is 0 Å². The monoisotopic (exact) mass is 268 g/mol. The standard InChI is InChI=1S/C14H24N2O3/c17-13(15-8-4-1-5-9-15)10-16(11-14(18)19)12-6-2-3-7-12/h12H,1-11H2,(H,18,19). The molecule has 0 atom stereocenters. The van der Waals surface area contributed by atoms with Crippen LogP contribution in [0.5, 0.6) is 0 Å². The zero-order valence-corrected chi connectivity index (χ0v) is 11.5. The third-order valence-electron chi connectivity index (χ3n) is 4.23. The number of hydrogen-bond acceptors (Lipinski definition) is 3. The van der Waals surface area contributed by atoms with Gasteiger partial charge < -0.3 is 10.0 Å². The number of hydrogen-bond donors (Lipinski definition) is 1. The van der Waals surface area contributed by atoms with Crippen LogP contribution in [0.4, 0.5) is 0 Å². The van der Waals surface area contributed by atoms with Crippen molar-refractivity contribution in [2.24, 2.45) is 0 Å². The summed E-state index contributed by atoms with van der Waals surface area (Å²) >= 11 is 0. The van der Waals surface area contributed by atoms with Crippen molar-refractivity contribution in [2.75, 3.05) is 26.2 Å². The molecule has 2 fully saturated rings. The molecule has 1 amide bonds. The van der Waals surface area contributed by atoms with Crippen molar-refractivity contribution in [3.63, 3.8) is 0 Å². The van der Waals surface area contributed by atoms with E-state index in [1.165, 1.54) is 6.42 Å². The second-order valence-corrected chi connectivity index (χ2v) is 5.68. The van der Waals surface area contributed by atoms with Gasteiger partial charge in [0.2, 0.25) is 5.91 Å². The first-order valence-electron chi connectivity index (χ1n) is 7.40. The number of carboxylic acid groups (broad SMARTS) is 1. The molecular weight excluding hydrogens is 244 g/mol. The SMILES string of the molecule is O=C(O)CN(CC(=O)N1CCCCC1)C1CCCC1. The lowest BCUT2D eigenvalue weighted by molar-refractivity contribution is -0.141. The van der Waals surface area contributed by atoms with Crippen molar-refractivity contribution >= 4 is 11.9 Å². The van der Waals surface area contributed by atoms with Gasteiger partial charge in [0.15, 0.2) is 0 Å². The first-order chi connectivity index (χ1) is 9.16. The zero-order valence-electron chi connectivity index (χ0n) is 11.5. The van der Waals surface area contributed by atoms with Crippen molar-refractivity contribution in [2.45, 2.75) is 51.0 Å². The second-order valence-electron chi connectivity index (χ2n) is 5.68. The Bertz CT molecular complexity index is 321. The number of carbonyl (C=O) groups excluding carboxylic acids is 1. The molecule has 0 aromatic rings. The van der Waals surface area contributed by atoms with E-state index in [0.29, 0.717) is 0 Å². The van der Waals surface area contributed by atoms with Gasteiger partial charge in [-0.3, -0.25) is 14.5 Å². The number of nitrogens with zero attached hydrogens (tertiary/aromatic N) is 2. The van der Waals surface area contributed by atoms with Crippen LogP contribution in [-0.2, 0) is 9.59 Å². The molecule has 1 saturated carbocycles. The molecule has 0 aromatic carbocycles. The predicted molar refractivity (Wildman–Crippen MR) is 71.9 cm³/mol. The zero-order chi connectivity index (χ0) is 13.7. The molecule has 19 heavy (non-hydrogen) atoms. The van der Waals surface area contributed by atoms with Crippen LogP contribution in [0.1, 0.15) is 44.9 Å². The van der Waals surface area contributed by atoms with Crippen LogP contribution in [0.25, 0.3) is 0 Å². The number of amides is 1. The van der Waals surface area contributed by atoms with Gasteiger partial charge in [-0.1, -0.05) is 12.8 Å². The van der Waals surface area contributed by atoms with Gasteiger partial charge >= 0.3 is 5.97 Å². The van der Waals surface area contributed by atoms with Gasteiger partial charge in [-0.15, -0.1) is 0 Å². The van der Waals surface area contributed by atoms with Gasteiger partial charge in [-0.2, -0.15) is 0 Å². The van der Waals surface area contributed by atoms with E-state index in [0.717, 1.165) is 51.6 Å². The highest BCUT2D eigenvalue weighted by Crippen LogP contribution is 2.23. The molecule has 0 spiro atoms. The summed E-state index contributed by atoms with van der Waals surface area (Å²) in [5.41, 5.74) is 0. The van der Waals surface area contributed by atoms with Crippen LogP contribution in [0.2, 0.25) is 0 Å². The van der Waals surface area contributed by atoms with Crippen LogP contribution < -0.4 is 0 Å². The molecule has 1 aliphatic carbocycles. The molecule has 1 heterocycles. The Morgan fingerprint density at radius 2 is 1.63 bits per heavy atom. The topological polar surface area (TPSA) is 60.9 Å². The van der Waals surface area contributed by atoms with Gasteiger partial charge in [0.25, 0.3) is 0 Å². The van der Waals surface area contributed by atoms with Gasteiger partial charge in [-0.05, 0) is 32.1 Å². The minimum atomic E-state index is -0.835. The molecule has 108 valence electrons. The summed E-state index contributed by atoms with van der Waals surface area (Å²) in [5.74, 6) is -0.730. The maximum Gasteiger partial charge on any atom is 0.317 e. The summed E-state index contributed by atoms with van der Waals surface area (Å²) in [5, 5.41) is 9.00. The number of piperidine rings is 1. The number of likely N-dealkylation sites (tertiary alicyclic amines) is 1. The molecule has 1 N–H and O–H groups in total. The Labute approximate surface area is 114 Å². The summed E-state index contributed by atoms with van der Waals surface area (Å²) in [6, 6.07) is 0.282. The average molecular weight is 268 g/mol. The Kier molecular flexibility index (Phi) is 5.19. The highest BCUT2D eigenvalue weighted by Gasteiger charge is 2.27. The Morgan fingerprint density at radius 1 is 1.00 bits per heavy atom. The normalized spacial score (nSPS) is 21.0. The smallest absolute Gasteiger partial charge is 0.317 e. The van der Waals surface area contributed by atoms with E-state index < -0.39 is 5.97 Å². The molecule has 2 rings (SSSR count). The fourth-order valence-electron chi connectivity index (χ4n) is 3.17. The third kappa shape index (κ3) is 4.20. The molecular formula is C14H24N2O3. The van der Waals surface area contributed by atoms with E-state index in [1.807, 2.05) is 9.80 Å². The van der Waals surface area contributed by atoms with E-state index in [1.54, 1.807) is 0 Å². The lowest BCUT2D eigenvalue weighted by Gasteiger charge is -2.31. The first-order valence-corrected chi connectivity index (χ1v) is 7.40.